The Hall–Kier alpha value is -1.56. The van der Waals surface area contributed by atoms with E-state index in [2.05, 4.69) is 15.9 Å². The number of rotatable bonds is 3. The highest BCUT2D eigenvalue weighted by Crippen LogP contribution is 2.28. The molecule has 1 fully saturated rings. The van der Waals surface area contributed by atoms with Gasteiger partial charge in [-0.1, -0.05) is 0 Å². The van der Waals surface area contributed by atoms with Crippen molar-refractivity contribution < 1.29 is 19.4 Å². The fourth-order valence-electron chi connectivity index (χ4n) is 2.66. The number of halogens is 1. The Morgan fingerprint density at radius 1 is 1.43 bits per heavy atom. The minimum Gasteiger partial charge on any atom is -0.496 e. The van der Waals surface area contributed by atoms with E-state index >= 15 is 0 Å². The number of amides is 1. The minimum atomic E-state index is -0.777. The maximum absolute atomic E-state index is 12.6. The van der Waals surface area contributed by atoms with Crippen LogP contribution < -0.4 is 4.74 Å². The van der Waals surface area contributed by atoms with E-state index in [1.54, 1.807) is 30.2 Å². The highest BCUT2D eigenvalue weighted by molar-refractivity contribution is 9.10. The van der Waals surface area contributed by atoms with E-state index in [0.717, 1.165) is 4.47 Å². The molecule has 1 aromatic carbocycles. The normalized spacial score (nSPS) is 22.0. The van der Waals surface area contributed by atoms with Crippen molar-refractivity contribution in [3.63, 3.8) is 0 Å². The number of ether oxygens (including phenoxy) is 1. The number of benzene rings is 1. The van der Waals surface area contributed by atoms with Gasteiger partial charge in [0.15, 0.2) is 0 Å². The van der Waals surface area contributed by atoms with Crippen LogP contribution in [-0.2, 0) is 4.79 Å². The fraction of sp³-hybridized carbons (Fsp3) is 0.467. The van der Waals surface area contributed by atoms with E-state index < -0.39 is 5.97 Å². The number of hydrogen-bond donors (Lipinski definition) is 1. The fourth-order valence-corrected chi connectivity index (χ4v) is 3.20. The van der Waals surface area contributed by atoms with Gasteiger partial charge in [-0.2, -0.15) is 0 Å². The SMILES string of the molecule is COc1ccc(C(=O)N2CCC(C(=O)O)CC2C)cc1Br. The van der Waals surface area contributed by atoms with Crippen molar-refractivity contribution in [2.75, 3.05) is 13.7 Å². The Morgan fingerprint density at radius 2 is 2.14 bits per heavy atom. The third kappa shape index (κ3) is 3.37. The lowest BCUT2D eigenvalue weighted by Gasteiger charge is -2.36. The molecule has 0 aromatic heterocycles. The summed E-state index contributed by atoms with van der Waals surface area (Å²) in [6.07, 6.45) is 1.00. The highest BCUT2D eigenvalue weighted by atomic mass is 79.9. The minimum absolute atomic E-state index is 0.0744. The molecule has 114 valence electrons. The van der Waals surface area contributed by atoms with E-state index in [9.17, 15) is 9.59 Å². The molecule has 0 bridgehead atoms. The van der Waals surface area contributed by atoms with E-state index in [1.165, 1.54) is 0 Å². The standard InChI is InChI=1S/C15H18BrNO4/c1-9-7-11(15(19)20)5-6-17(9)14(18)10-3-4-13(21-2)12(16)8-10/h3-4,8-9,11H,5-7H2,1-2H3,(H,19,20). The first-order valence-electron chi connectivity index (χ1n) is 6.81. The quantitative estimate of drug-likeness (QED) is 0.905. The summed E-state index contributed by atoms with van der Waals surface area (Å²) in [5.74, 6) is -0.535. The molecule has 1 heterocycles. The number of methoxy groups -OCH3 is 1. The number of nitrogens with zero attached hydrogens (tertiary/aromatic N) is 1. The van der Waals surface area contributed by atoms with Crippen LogP contribution in [0.4, 0.5) is 0 Å². The zero-order valence-corrected chi connectivity index (χ0v) is 13.6. The Kier molecular flexibility index (Phi) is 4.88. The molecule has 6 heteroatoms. The molecule has 2 atom stereocenters. The van der Waals surface area contributed by atoms with E-state index in [-0.39, 0.29) is 17.9 Å². The second-order valence-electron chi connectivity index (χ2n) is 5.26. The molecule has 1 aliphatic heterocycles. The zero-order valence-electron chi connectivity index (χ0n) is 12.0. The number of carboxylic acids is 1. The maximum Gasteiger partial charge on any atom is 0.306 e. The van der Waals surface area contributed by atoms with Gasteiger partial charge < -0.3 is 14.7 Å². The van der Waals surface area contributed by atoms with Crippen LogP contribution in [0.25, 0.3) is 0 Å². The summed E-state index contributed by atoms with van der Waals surface area (Å²) < 4.78 is 5.88. The highest BCUT2D eigenvalue weighted by Gasteiger charge is 2.32. The number of carboxylic acid groups (broad SMARTS) is 1. The van der Waals surface area contributed by atoms with E-state index in [1.807, 2.05) is 6.92 Å². The van der Waals surface area contributed by atoms with E-state index in [0.29, 0.717) is 30.7 Å². The Labute approximate surface area is 132 Å². The van der Waals surface area contributed by atoms with Crippen LogP contribution in [0, 0.1) is 5.92 Å². The lowest BCUT2D eigenvalue weighted by Crippen LogP contribution is -2.46. The monoisotopic (exact) mass is 355 g/mol. The van der Waals surface area contributed by atoms with Gasteiger partial charge in [0.1, 0.15) is 5.75 Å². The second-order valence-corrected chi connectivity index (χ2v) is 6.11. The molecule has 2 unspecified atom stereocenters. The lowest BCUT2D eigenvalue weighted by molar-refractivity contribution is -0.143. The van der Waals surface area contributed by atoms with Gasteiger partial charge in [0.25, 0.3) is 5.91 Å². The first-order valence-corrected chi connectivity index (χ1v) is 7.60. The number of piperidine rings is 1. The molecule has 1 aliphatic rings. The molecule has 1 aromatic rings. The predicted octanol–water partition coefficient (Wildman–Crippen LogP) is 2.78. The summed E-state index contributed by atoms with van der Waals surface area (Å²) in [6.45, 7) is 2.37. The lowest BCUT2D eigenvalue weighted by atomic mass is 9.91. The van der Waals surface area contributed by atoms with Gasteiger partial charge in [0.2, 0.25) is 0 Å². The Morgan fingerprint density at radius 3 is 2.67 bits per heavy atom. The molecule has 2 rings (SSSR count). The number of hydrogen-bond acceptors (Lipinski definition) is 3. The zero-order chi connectivity index (χ0) is 15.6. The van der Waals surface area contributed by atoms with Gasteiger partial charge in [0, 0.05) is 18.2 Å². The molecular formula is C15H18BrNO4. The number of likely N-dealkylation sites (tertiary alicyclic amines) is 1. The summed E-state index contributed by atoms with van der Waals surface area (Å²) in [4.78, 5) is 25.3. The third-order valence-electron chi connectivity index (χ3n) is 3.89. The van der Waals surface area contributed by atoms with Crippen molar-refractivity contribution in [3.8, 4) is 5.75 Å². The van der Waals surface area contributed by atoms with Gasteiger partial charge in [-0.3, -0.25) is 9.59 Å². The number of carbonyl (C=O) groups excluding carboxylic acids is 1. The van der Waals surface area contributed by atoms with Crippen LogP contribution in [0.3, 0.4) is 0 Å². The van der Waals surface area contributed by atoms with Crippen molar-refractivity contribution in [2.45, 2.75) is 25.8 Å². The summed E-state index contributed by atoms with van der Waals surface area (Å²) in [7, 11) is 1.57. The summed E-state index contributed by atoms with van der Waals surface area (Å²) in [5, 5.41) is 9.07. The first kappa shape index (κ1) is 15.8. The van der Waals surface area contributed by atoms with Crippen LogP contribution in [0.2, 0.25) is 0 Å². The molecule has 5 nitrogen and oxygen atoms in total. The predicted molar refractivity (Wildman–Crippen MR) is 81.6 cm³/mol. The van der Waals surface area contributed by atoms with Gasteiger partial charge in [0.05, 0.1) is 17.5 Å². The van der Waals surface area contributed by atoms with Crippen molar-refractivity contribution in [2.24, 2.45) is 5.92 Å². The second kappa shape index (κ2) is 6.47. The van der Waals surface area contributed by atoms with Gasteiger partial charge in [-0.15, -0.1) is 0 Å². The topological polar surface area (TPSA) is 66.8 Å². The molecule has 1 amide bonds. The average Bonchev–Trinajstić information content (AvgIpc) is 2.46. The molecule has 0 spiro atoms. The molecular weight excluding hydrogens is 338 g/mol. The summed E-state index contributed by atoms with van der Waals surface area (Å²) in [6, 6.07) is 5.12. The first-order chi connectivity index (χ1) is 9.93. The van der Waals surface area contributed by atoms with Crippen LogP contribution in [0.1, 0.15) is 30.1 Å². The molecule has 0 saturated carbocycles. The van der Waals surface area contributed by atoms with Gasteiger partial charge >= 0.3 is 5.97 Å². The average molecular weight is 356 g/mol. The van der Waals surface area contributed by atoms with E-state index in [4.69, 9.17) is 9.84 Å². The largest absolute Gasteiger partial charge is 0.496 e. The Balaban J connectivity index is 2.13. The number of carbonyl (C=O) groups is 2. The van der Waals surface area contributed by atoms with Crippen molar-refractivity contribution in [1.82, 2.24) is 4.90 Å². The summed E-state index contributed by atoms with van der Waals surface area (Å²) in [5.41, 5.74) is 0.573. The molecule has 21 heavy (non-hydrogen) atoms. The van der Waals surface area contributed by atoms with Crippen LogP contribution in [-0.4, -0.2) is 41.6 Å². The third-order valence-corrected chi connectivity index (χ3v) is 4.50. The summed E-state index contributed by atoms with van der Waals surface area (Å²) >= 11 is 3.37. The molecule has 0 aliphatic carbocycles. The maximum atomic E-state index is 12.6. The number of aliphatic carboxylic acids is 1. The van der Waals surface area contributed by atoms with Gasteiger partial charge in [-0.05, 0) is 53.9 Å². The van der Waals surface area contributed by atoms with Crippen molar-refractivity contribution >= 4 is 27.8 Å². The molecule has 0 radical (unpaired) electrons. The van der Waals surface area contributed by atoms with Crippen molar-refractivity contribution in [1.29, 1.82) is 0 Å². The Bertz CT molecular complexity index is 561. The van der Waals surface area contributed by atoms with Crippen LogP contribution in [0.15, 0.2) is 22.7 Å². The van der Waals surface area contributed by atoms with Crippen molar-refractivity contribution in [3.05, 3.63) is 28.2 Å². The molecule has 1 saturated heterocycles. The molecule has 1 N–H and O–H groups in total. The smallest absolute Gasteiger partial charge is 0.306 e. The van der Waals surface area contributed by atoms with Crippen LogP contribution >= 0.6 is 15.9 Å². The van der Waals surface area contributed by atoms with Gasteiger partial charge in [-0.25, -0.2) is 0 Å². The van der Waals surface area contributed by atoms with Crippen LogP contribution in [0.5, 0.6) is 5.75 Å².